The highest BCUT2D eigenvalue weighted by molar-refractivity contribution is 5.82. The molecule has 1 amide bonds. The summed E-state index contributed by atoms with van der Waals surface area (Å²) in [4.78, 5) is 24.7. The molecule has 0 saturated carbocycles. The van der Waals surface area contributed by atoms with E-state index in [0.717, 1.165) is 0 Å². The molecule has 3 N–H and O–H groups in total. The second-order valence-corrected chi connectivity index (χ2v) is 3.03. The van der Waals surface area contributed by atoms with Crippen LogP contribution in [0.15, 0.2) is 6.20 Å². The second-order valence-electron chi connectivity index (χ2n) is 3.03. The number of hydrogen-bond donors (Lipinski definition) is 2. The van der Waals surface area contributed by atoms with Crippen molar-refractivity contribution in [2.75, 3.05) is 0 Å². The van der Waals surface area contributed by atoms with Crippen LogP contribution in [-0.4, -0.2) is 20.4 Å². The maximum atomic E-state index is 11.2. The van der Waals surface area contributed by atoms with Gasteiger partial charge in [0.25, 0.3) is 0 Å². The fraction of sp³-hybridized carbons (Fsp3) is 0.429. The minimum Gasteiger partial charge on any atom is -0.390 e. The third kappa shape index (κ3) is 1.94. The third-order valence-corrected chi connectivity index (χ3v) is 2.14. The van der Waals surface area contributed by atoms with Gasteiger partial charge in [-0.3, -0.25) is 10.2 Å². The number of hydrogen-bond acceptors (Lipinski definition) is 5. The quantitative estimate of drug-likeness (QED) is 0.301. The number of amides is 1. The van der Waals surface area contributed by atoms with Gasteiger partial charge in [0.05, 0.1) is 13.0 Å². The van der Waals surface area contributed by atoms with Gasteiger partial charge in [-0.1, -0.05) is 4.98 Å². The predicted octanol–water partition coefficient (Wildman–Crippen LogP) is -0.578. The van der Waals surface area contributed by atoms with Gasteiger partial charge in [-0.25, -0.2) is 10.4 Å². The highest BCUT2D eigenvalue weighted by Gasteiger charge is 2.25. The standard InChI is InChI=1S/C7H11N5O3/c1-4(6(13)10-8)5-3-9-7(11(5)2)12(14)15/h3-4H,8H2,1-2H3,(H,10,13). The van der Waals surface area contributed by atoms with Crippen LogP contribution in [-0.2, 0) is 11.8 Å². The lowest BCUT2D eigenvalue weighted by atomic mass is 10.1. The number of nitro groups is 1. The molecule has 1 unspecified atom stereocenters. The van der Waals surface area contributed by atoms with Crippen LogP contribution in [0, 0.1) is 10.1 Å². The predicted molar refractivity (Wildman–Crippen MR) is 50.6 cm³/mol. The summed E-state index contributed by atoms with van der Waals surface area (Å²) < 4.78 is 1.25. The summed E-state index contributed by atoms with van der Waals surface area (Å²) in [5.41, 5.74) is 2.41. The fourth-order valence-corrected chi connectivity index (χ4v) is 1.24. The average Bonchev–Trinajstić information content (AvgIpc) is 2.57. The summed E-state index contributed by atoms with van der Waals surface area (Å²) in [5.74, 6) is 3.65. The van der Waals surface area contributed by atoms with Crippen LogP contribution in [0.25, 0.3) is 0 Å². The van der Waals surface area contributed by atoms with Gasteiger partial charge in [-0.05, 0) is 11.8 Å². The summed E-state index contributed by atoms with van der Waals surface area (Å²) in [6, 6.07) is 0. The van der Waals surface area contributed by atoms with Crippen molar-refractivity contribution in [3.05, 3.63) is 22.0 Å². The Bertz CT molecular complexity index is 399. The first-order valence-electron chi connectivity index (χ1n) is 4.15. The third-order valence-electron chi connectivity index (χ3n) is 2.14. The molecule has 1 atom stereocenters. The van der Waals surface area contributed by atoms with Crippen LogP contribution < -0.4 is 11.3 Å². The van der Waals surface area contributed by atoms with Crippen molar-refractivity contribution in [2.45, 2.75) is 12.8 Å². The molecule has 0 radical (unpaired) electrons. The van der Waals surface area contributed by atoms with Crippen molar-refractivity contribution in [3.63, 3.8) is 0 Å². The zero-order valence-electron chi connectivity index (χ0n) is 8.30. The molecule has 1 heterocycles. The minimum atomic E-state index is -0.615. The second kappa shape index (κ2) is 4.05. The largest absolute Gasteiger partial charge is 0.434 e. The van der Waals surface area contributed by atoms with E-state index in [1.54, 1.807) is 6.92 Å². The van der Waals surface area contributed by atoms with Gasteiger partial charge >= 0.3 is 5.95 Å². The van der Waals surface area contributed by atoms with E-state index >= 15 is 0 Å². The molecule has 8 heteroatoms. The number of aromatic nitrogens is 2. The smallest absolute Gasteiger partial charge is 0.390 e. The van der Waals surface area contributed by atoms with Crippen molar-refractivity contribution in [1.29, 1.82) is 0 Å². The van der Waals surface area contributed by atoms with Crippen molar-refractivity contribution >= 4 is 11.9 Å². The molecule has 82 valence electrons. The number of rotatable bonds is 3. The van der Waals surface area contributed by atoms with Crippen molar-refractivity contribution in [1.82, 2.24) is 15.0 Å². The minimum absolute atomic E-state index is 0.304. The normalized spacial score (nSPS) is 12.2. The first-order chi connectivity index (χ1) is 6.99. The molecular formula is C7H11N5O3. The lowest BCUT2D eigenvalue weighted by Crippen LogP contribution is -2.34. The van der Waals surface area contributed by atoms with Gasteiger partial charge in [0.15, 0.2) is 0 Å². The molecule has 0 saturated heterocycles. The molecule has 8 nitrogen and oxygen atoms in total. The van der Waals surface area contributed by atoms with Gasteiger partial charge in [0.1, 0.15) is 11.9 Å². The van der Waals surface area contributed by atoms with Gasteiger partial charge in [-0.15, -0.1) is 0 Å². The first kappa shape index (κ1) is 11.1. The van der Waals surface area contributed by atoms with E-state index in [4.69, 9.17) is 5.84 Å². The van der Waals surface area contributed by atoms with E-state index in [1.807, 2.05) is 5.43 Å². The Balaban J connectivity index is 3.06. The topological polar surface area (TPSA) is 116 Å². The first-order valence-corrected chi connectivity index (χ1v) is 4.15. The Labute approximate surface area is 85.2 Å². The number of carbonyl (C=O) groups excluding carboxylic acids is 1. The average molecular weight is 213 g/mol. The Morgan fingerprint density at radius 1 is 1.80 bits per heavy atom. The van der Waals surface area contributed by atoms with E-state index in [-0.39, 0.29) is 5.95 Å². The van der Waals surface area contributed by atoms with Gasteiger partial charge in [0.2, 0.25) is 5.91 Å². The van der Waals surface area contributed by atoms with Crippen molar-refractivity contribution < 1.29 is 9.72 Å². The monoisotopic (exact) mass is 213 g/mol. The van der Waals surface area contributed by atoms with E-state index in [1.165, 1.54) is 17.8 Å². The van der Waals surface area contributed by atoms with Gasteiger partial charge in [-0.2, -0.15) is 0 Å². The summed E-state index contributed by atoms with van der Waals surface area (Å²) >= 11 is 0. The maximum Gasteiger partial charge on any atom is 0.434 e. The lowest BCUT2D eigenvalue weighted by Gasteiger charge is -2.07. The molecule has 15 heavy (non-hydrogen) atoms. The zero-order valence-corrected chi connectivity index (χ0v) is 8.30. The highest BCUT2D eigenvalue weighted by Crippen LogP contribution is 2.19. The Kier molecular flexibility index (Phi) is 3.00. The van der Waals surface area contributed by atoms with E-state index in [9.17, 15) is 14.9 Å². The molecule has 1 rings (SSSR count). The Hall–Kier alpha value is -1.96. The summed E-state index contributed by atoms with van der Waals surface area (Å²) in [6.07, 6.45) is 1.29. The molecule has 0 aliphatic carbocycles. The number of nitrogens with two attached hydrogens (primary N) is 1. The van der Waals surface area contributed by atoms with Crippen LogP contribution in [0.5, 0.6) is 0 Å². The lowest BCUT2D eigenvalue weighted by molar-refractivity contribution is -0.396. The summed E-state index contributed by atoms with van der Waals surface area (Å²) in [5, 5.41) is 10.5. The molecular weight excluding hydrogens is 202 g/mol. The maximum absolute atomic E-state index is 11.2. The van der Waals surface area contributed by atoms with Gasteiger partial charge in [0, 0.05) is 0 Å². The van der Waals surface area contributed by atoms with Crippen LogP contribution >= 0.6 is 0 Å². The number of nitrogens with one attached hydrogen (secondary N) is 1. The fourth-order valence-electron chi connectivity index (χ4n) is 1.24. The number of carbonyl (C=O) groups is 1. The van der Waals surface area contributed by atoms with E-state index in [0.29, 0.717) is 5.69 Å². The number of nitrogens with zero attached hydrogens (tertiary/aromatic N) is 3. The van der Waals surface area contributed by atoms with Gasteiger partial charge < -0.3 is 10.1 Å². The van der Waals surface area contributed by atoms with Crippen molar-refractivity contribution in [3.8, 4) is 0 Å². The van der Waals surface area contributed by atoms with E-state index < -0.39 is 16.7 Å². The number of hydrazine groups is 1. The molecule has 0 aromatic carbocycles. The summed E-state index contributed by atoms with van der Waals surface area (Å²) in [6.45, 7) is 1.59. The molecule has 1 aromatic heterocycles. The van der Waals surface area contributed by atoms with Crippen LogP contribution in [0.4, 0.5) is 5.95 Å². The molecule has 0 spiro atoms. The van der Waals surface area contributed by atoms with E-state index in [2.05, 4.69) is 4.98 Å². The van der Waals surface area contributed by atoms with Crippen LogP contribution in [0.3, 0.4) is 0 Å². The van der Waals surface area contributed by atoms with Crippen LogP contribution in [0.1, 0.15) is 18.5 Å². The molecule has 0 aliphatic rings. The Morgan fingerprint density at radius 2 is 2.40 bits per heavy atom. The molecule has 1 aromatic rings. The number of imidazole rings is 1. The molecule has 0 aliphatic heterocycles. The SMILES string of the molecule is CC(C(=O)NN)c1cnc([N+](=O)[O-])n1C. The Morgan fingerprint density at radius 3 is 2.80 bits per heavy atom. The van der Waals surface area contributed by atoms with Crippen molar-refractivity contribution in [2.24, 2.45) is 12.9 Å². The summed E-state index contributed by atoms with van der Waals surface area (Å²) in [7, 11) is 1.47. The molecule has 0 bridgehead atoms. The zero-order chi connectivity index (χ0) is 11.6. The van der Waals surface area contributed by atoms with Crippen LogP contribution in [0.2, 0.25) is 0 Å². The molecule has 0 fully saturated rings. The highest BCUT2D eigenvalue weighted by atomic mass is 16.6.